The minimum Gasteiger partial charge on any atom is -0.493 e. The van der Waals surface area contributed by atoms with Crippen LogP contribution in [0.2, 0.25) is 0 Å². The Morgan fingerprint density at radius 2 is 1.87 bits per heavy atom. The summed E-state index contributed by atoms with van der Waals surface area (Å²) in [5.74, 6) is 1.57. The van der Waals surface area contributed by atoms with Crippen LogP contribution >= 0.6 is 11.8 Å². The van der Waals surface area contributed by atoms with E-state index in [1.54, 1.807) is 11.8 Å². The van der Waals surface area contributed by atoms with Crippen LogP contribution in [0.15, 0.2) is 48.5 Å². The van der Waals surface area contributed by atoms with Crippen molar-refractivity contribution in [3.8, 4) is 5.75 Å². The van der Waals surface area contributed by atoms with Crippen LogP contribution in [0.3, 0.4) is 0 Å². The van der Waals surface area contributed by atoms with Gasteiger partial charge in [0.05, 0.1) is 12.4 Å². The Kier molecular flexibility index (Phi) is 6.72. The molecule has 0 unspecified atom stereocenters. The largest absolute Gasteiger partial charge is 0.493 e. The topological polar surface area (TPSA) is 26.3 Å². The second-order valence-electron chi connectivity index (χ2n) is 5.85. The maximum absolute atomic E-state index is 12.2. The molecule has 0 N–H and O–H groups in total. The Morgan fingerprint density at radius 3 is 2.52 bits per heavy atom. The van der Waals surface area contributed by atoms with Crippen molar-refractivity contribution in [2.45, 2.75) is 32.4 Å². The first-order valence-corrected chi connectivity index (χ1v) is 9.03. The molecule has 0 bridgehead atoms. The van der Waals surface area contributed by atoms with Gasteiger partial charge in [0.2, 0.25) is 0 Å². The third-order valence-electron chi connectivity index (χ3n) is 3.54. The second kappa shape index (κ2) is 8.78. The Hall–Kier alpha value is -1.74. The fourth-order valence-electron chi connectivity index (χ4n) is 2.23. The molecule has 0 saturated carbocycles. The van der Waals surface area contributed by atoms with Crippen LogP contribution in [0.4, 0.5) is 0 Å². The van der Waals surface area contributed by atoms with E-state index in [1.807, 2.05) is 43.3 Å². The minimum atomic E-state index is 0.183. The van der Waals surface area contributed by atoms with Crippen LogP contribution in [0.1, 0.15) is 35.3 Å². The number of ether oxygens (including phenoxy) is 1. The molecule has 0 amide bonds. The molecular weight excluding hydrogens is 304 g/mol. The van der Waals surface area contributed by atoms with Crippen LogP contribution < -0.4 is 4.74 Å². The molecule has 0 fully saturated rings. The van der Waals surface area contributed by atoms with Gasteiger partial charge in [-0.2, -0.15) is 11.8 Å². The van der Waals surface area contributed by atoms with Crippen LogP contribution in [-0.4, -0.2) is 23.4 Å². The number of Topliss-reactive ketones (excluding diaryl/α,β-unsaturated/α-hetero) is 1. The van der Waals surface area contributed by atoms with E-state index in [1.165, 1.54) is 5.56 Å². The van der Waals surface area contributed by atoms with Crippen LogP contribution in [0.25, 0.3) is 0 Å². The highest BCUT2D eigenvalue weighted by molar-refractivity contribution is 8.00. The average Bonchev–Trinajstić information content (AvgIpc) is 2.55. The van der Waals surface area contributed by atoms with E-state index in [0.29, 0.717) is 17.6 Å². The summed E-state index contributed by atoms with van der Waals surface area (Å²) >= 11 is 1.67. The van der Waals surface area contributed by atoms with Crippen LogP contribution in [0, 0.1) is 6.92 Å². The normalized spacial score (nSPS) is 10.8. The summed E-state index contributed by atoms with van der Waals surface area (Å²) in [7, 11) is 0. The van der Waals surface area contributed by atoms with Crippen molar-refractivity contribution in [3.63, 3.8) is 0 Å². The maximum Gasteiger partial charge on any atom is 0.172 e. The number of hydrogen-bond acceptors (Lipinski definition) is 3. The van der Waals surface area contributed by atoms with Crippen molar-refractivity contribution < 1.29 is 9.53 Å². The molecule has 122 valence electrons. The number of rotatable bonds is 8. The van der Waals surface area contributed by atoms with Gasteiger partial charge in [-0.1, -0.05) is 44.2 Å². The number of benzene rings is 2. The predicted octanol–water partition coefficient (Wildman–Crippen LogP) is 4.94. The van der Waals surface area contributed by atoms with Crippen molar-refractivity contribution >= 4 is 17.5 Å². The summed E-state index contributed by atoms with van der Waals surface area (Å²) in [6, 6.07) is 16.0. The lowest BCUT2D eigenvalue weighted by molar-refractivity contribution is 0.102. The lowest BCUT2D eigenvalue weighted by Crippen LogP contribution is -2.07. The van der Waals surface area contributed by atoms with E-state index in [0.717, 1.165) is 23.3 Å². The predicted molar refractivity (Wildman–Crippen MR) is 98.7 cm³/mol. The smallest absolute Gasteiger partial charge is 0.172 e. The highest BCUT2D eigenvalue weighted by Gasteiger charge is 2.09. The molecule has 3 heteroatoms. The van der Waals surface area contributed by atoms with Gasteiger partial charge in [0.1, 0.15) is 5.75 Å². The van der Waals surface area contributed by atoms with Gasteiger partial charge in [-0.15, -0.1) is 0 Å². The van der Waals surface area contributed by atoms with E-state index in [4.69, 9.17) is 4.74 Å². The summed E-state index contributed by atoms with van der Waals surface area (Å²) in [5.41, 5.74) is 3.05. The molecule has 2 rings (SSSR count). The van der Waals surface area contributed by atoms with Gasteiger partial charge in [0.15, 0.2) is 5.78 Å². The molecule has 23 heavy (non-hydrogen) atoms. The number of ketones is 1. The van der Waals surface area contributed by atoms with Gasteiger partial charge in [-0.3, -0.25) is 4.79 Å². The van der Waals surface area contributed by atoms with Crippen molar-refractivity contribution in [2.75, 3.05) is 12.4 Å². The lowest BCUT2D eigenvalue weighted by atomic mass is 10.1. The molecule has 0 spiro atoms. The molecule has 0 aliphatic heterocycles. The van der Waals surface area contributed by atoms with E-state index in [2.05, 4.69) is 26.0 Å². The fraction of sp³-hybridized carbons (Fsp3) is 0.350. The molecule has 2 aromatic rings. The van der Waals surface area contributed by atoms with E-state index in [9.17, 15) is 4.79 Å². The molecule has 0 aromatic heterocycles. The monoisotopic (exact) mass is 328 g/mol. The second-order valence-corrected chi connectivity index (χ2v) is 7.41. The highest BCUT2D eigenvalue weighted by Crippen LogP contribution is 2.21. The summed E-state index contributed by atoms with van der Waals surface area (Å²) in [5, 5.41) is 0.473. The zero-order chi connectivity index (χ0) is 16.7. The summed E-state index contributed by atoms with van der Waals surface area (Å²) < 4.78 is 5.86. The summed E-state index contributed by atoms with van der Waals surface area (Å²) in [4.78, 5) is 12.2. The summed E-state index contributed by atoms with van der Waals surface area (Å²) in [6.45, 7) is 6.84. The number of thioether (sulfide) groups is 1. The number of hydrogen-bond donors (Lipinski definition) is 0. The van der Waals surface area contributed by atoms with Gasteiger partial charge in [0.25, 0.3) is 0 Å². The van der Waals surface area contributed by atoms with Crippen molar-refractivity contribution in [2.24, 2.45) is 0 Å². The molecule has 0 radical (unpaired) electrons. The molecule has 0 saturated heterocycles. The lowest BCUT2D eigenvalue weighted by Gasteiger charge is -2.11. The molecule has 0 heterocycles. The van der Waals surface area contributed by atoms with Crippen LogP contribution in [-0.2, 0) is 6.42 Å². The SMILES string of the molecule is Cc1cc(C(=O)CSC(C)C)ccc1OCCc1ccccc1. The van der Waals surface area contributed by atoms with Crippen LogP contribution in [0.5, 0.6) is 5.75 Å². The third-order valence-corrected chi connectivity index (χ3v) is 4.63. The molecule has 2 nitrogen and oxygen atoms in total. The number of aryl methyl sites for hydroxylation is 1. The first-order chi connectivity index (χ1) is 11.1. The maximum atomic E-state index is 12.2. The Bertz CT molecular complexity index is 635. The van der Waals surface area contributed by atoms with E-state index < -0.39 is 0 Å². The molecule has 2 aromatic carbocycles. The quantitative estimate of drug-likeness (QED) is 0.642. The zero-order valence-corrected chi connectivity index (χ0v) is 14.9. The Morgan fingerprint density at radius 1 is 1.13 bits per heavy atom. The standard InChI is InChI=1S/C20H24O2S/c1-15(2)23-14-19(21)18-9-10-20(16(3)13-18)22-12-11-17-7-5-4-6-8-17/h4-10,13,15H,11-12,14H2,1-3H3. The van der Waals surface area contributed by atoms with Gasteiger partial charge in [-0.25, -0.2) is 0 Å². The van der Waals surface area contributed by atoms with Gasteiger partial charge >= 0.3 is 0 Å². The number of carbonyl (C=O) groups is 1. The summed E-state index contributed by atoms with van der Waals surface area (Å²) in [6.07, 6.45) is 0.881. The van der Waals surface area contributed by atoms with Crippen molar-refractivity contribution in [1.29, 1.82) is 0 Å². The zero-order valence-electron chi connectivity index (χ0n) is 14.0. The van der Waals surface area contributed by atoms with Gasteiger partial charge in [-0.05, 0) is 41.5 Å². The van der Waals surface area contributed by atoms with E-state index in [-0.39, 0.29) is 5.78 Å². The third kappa shape index (κ3) is 5.76. The van der Waals surface area contributed by atoms with Crippen molar-refractivity contribution in [1.82, 2.24) is 0 Å². The van der Waals surface area contributed by atoms with Gasteiger partial charge in [0, 0.05) is 12.0 Å². The first kappa shape index (κ1) is 17.6. The first-order valence-electron chi connectivity index (χ1n) is 7.98. The fourth-order valence-corrected chi connectivity index (χ4v) is 2.89. The molecule has 0 aliphatic rings. The minimum absolute atomic E-state index is 0.183. The molecule has 0 aliphatic carbocycles. The number of carbonyl (C=O) groups excluding carboxylic acids is 1. The van der Waals surface area contributed by atoms with Crippen molar-refractivity contribution in [3.05, 3.63) is 65.2 Å². The Labute approximate surface area is 143 Å². The highest BCUT2D eigenvalue weighted by atomic mass is 32.2. The van der Waals surface area contributed by atoms with E-state index >= 15 is 0 Å². The Balaban J connectivity index is 1.90. The van der Waals surface area contributed by atoms with Gasteiger partial charge < -0.3 is 4.74 Å². The molecular formula is C20H24O2S. The molecule has 0 atom stereocenters. The average molecular weight is 328 g/mol.